The second kappa shape index (κ2) is 6.24. The fourth-order valence-corrected chi connectivity index (χ4v) is 2.59. The topological polar surface area (TPSA) is 78.6 Å². The van der Waals surface area contributed by atoms with Crippen molar-refractivity contribution < 1.29 is 9.90 Å². The van der Waals surface area contributed by atoms with Crippen LogP contribution in [0.5, 0.6) is 0 Å². The van der Waals surface area contributed by atoms with Gasteiger partial charge in [0, 0.05) is 17.9 Å². The first-order valence-corrected chi connectivity index (χ1v) is 7.06. The standard InChI is InChI=1S/C15H23N3O2/c1-10(18-7-6-12(9-18)11(2)19)15(20)17-14-5-3-4-13(16)8-14/h3-5,8,10-12,19H,6-7,9,16H2,1-2H3,(H,17,20). The zero-order valence-electron chi connectivity index (χ0n) is 12.0. The van der Waals surface area contributed by atoms with Gasteiger partial charge >= 0.3 is 0 Å². The smallest absolute Gasteiger partial charge is 0.241 e. The highest BCUT2D eigenvalue weighted by Gasteiger charge is 2.31. The first-order chi connectivity index (χ1) is 9.47. The Morgan fingerprint density at radius 2 is 2.25 bits per heavy atom. The summed E-state index contributed by atoms with van der Waals surface area (Å²) in [5.74, 6) is 0.222. The van der Waals surface area contributed by atoms with Gasteiger partial charge in [0.2, 0.25) is 5.91 Å². The van der Waals surface area contributed by atoms with Gasteiger partial charge in [0.25, 0.3) is 0 Å². The Kier molecular flexibility index (Phi) is 4.62. The van der Waals surface area contributed by atoms with Crippen molar-refractivity contribution in [1.82, 2.24) is 4.90 Å². The number of aliphatic hydroxyl groups excluding tert-OH is 1. The van der Waals surface area contributed by atoms with E-state index in [1.54, 1.807) is 12.1 Å². The third-order valence-corrected chi connectivity index (χ3v) is 4.02. The number of amides is 1. The third-order valence-electron chi connectivity index (χ3n) is 4.02. The number of likely N-dealkylation sites (tertiary alicyclic amines) is 1. The summed E-state index contributed by atoms with van der Waals surface area (Å²) in [6.07, 6.45) is 0.622. The fraction of sp³-hybridized carbons (Fsp3) is 0.533. The van der Waals surface area contributed by atoms with E-state index in [1.807, 2.05) is 26.0 Å². The molecule has 1 saturated heterocycles. The molecule has 1 amide bonds. The lowest BCUT2D eigenvalue weighted by Gasteiger charge is -2.24. The molecule has 4 N–H and O–H groups in total. The van der Waals surface area contributed by atoms with Crippen molar-refractivity contribution in [3.63, 3.8) is 0 Å². The second-order valence-corrected chi connectivity index (χ2v) is 5.57. The number of aliphatic hydroxyl groups is 1. The van der Waals surface area contributed by atoms with Gasteiger partial charge in [-0.15, -0.1) is 0 Å². The number of nitrogens with two attached hydrogens (primary N) is 1. The Bertz CT molecular complexity index is 476. The van der Waals surface area contributed by atoms with Crippen LogP contribution in [0.3, 0.4) is 0 Å². The molecule has 1 aromatic rings. The van der Waals surface area contributed by atoms with Crippen molar-refractivity contribution in [2.45, 2.75) is 32.4 Å². The zero-order chi connectivity index (χ0) is 14.7. The van der Waals surface area contributed by atoms with Gasteiger partial charge in [0.05, 0.1) is 12.1 Å². The molecule has 3 atom stereocenters. The van der Waals surface area contributed by atoms with E-state index in [2.05, 4.69) is 10.2 Å². The molecule has 1 fully saturated rings. The number of carbonyl (C=O) groups excluding carboxylic acids is 1. The molecule has 20 heavy (non-hydrogen) atoms. The summed E-state index contributed by atoms with van der Waals surface area (Å²) in [5, 5.41) is 12.5. The second-order valence-electron chi connectivity index (χ2n) is 5.57. The van der Waals surface area contributed by atoms with Crippen molar-refractivity contribution in [2.75, 3.05) is 24.1 Å². The largest absolute Gasteiger partial charge is 0.399 e. The van der Waals surface area contributed by atoms with Crippen molar-refractivity contribution in [3.05, 3.63) is 24.3 Å². The van der Waals surface area contributed by atoms with Crippen LogP contribution < -0.4 is 11.1 Å². The molecule has 0 radical (unpaired) electrons. The van der Waals surface area contributed by atoms with Crippen molar-refractivity contribution in [3.8, 4) is 0 Å². The molecular weight excluding hydrogens is 254 g/mol. The lowest BCUT2D eigenvalue weighted by Crippen LogP contribution is -2.41. The van der Waals surface area contributed by atoms with Crippen LogP contribution in [0.1, 0.15) is 20.3 Å². The van der Waals surface area contributed by atoms with Crippen LogP contribution in [0.25, 0.3) is 0 Å². The Labute approximate surface area is 119 Å². The number of rotatable bonds is 4. The lowest BCUT2D eigenvalue weighted by atomic mass is 10.0. The lowest BCUT2D eigenvalue weighted by molar-refractivity contribution is -0.120. The predicted octanol–water partition coefficient (Wildman–Crippen LogP) is 1.30. The number of nitrogens with zero attached hydrogens (tertiary/aromatic N) is 1. The molecule has 0 aromatic heterocycles. The maximum atomic E-state index is 12.2. The van der Waals surface area contributed by atoms with Gasteiger partial charge < -0.3 is 16.2 Å². The highest BCUT2D eigenvalue weighted by atomic mass is 16.3. The number of benzene rings is 1. The maximum absolute atomic E-state index is 12.2. The minimum Gasteiger partial charge on any atom is -0.399 e. The number of nitrogens with one attached hydrogen (secondary N) is 1. The Morgan fingerprint density at radius 3 is 2.85 bits per heavy atom. The molecule has 0 bridgehead atoms. The van der Waals surface area contributed by atoms with Gasteiger partial charge in [-0.2, -0.15) is 0 Å². The van der Waals surface area contributed by atoms with E-state index >= 15 is 0 Å². The van der Waals surface area contributed by atoms with Gasteiger partial charge in [0.1, 0.15) is 0 Å². The van der Waals surface area contributed by atoms with Crippen LogP contribution in [0.4, 0.5) is 11.4 Å². The van der Waals surface area contributed by atoms with Gasteiger partial charge in [-0.25, -0.2) is 0 Å². The van der Waals surface area contributed by atoms with Crippen LogP contribution in [0, 0.1) is 5.92 Å². The van der Waals surface area contributed by atoms with E-state index in [1.165, 1.54) is 0 Å². The van der Waals surface area contributed by atoms with E-state index in [-0.39, 0.29) is 24.0 Å². The Balaban J connectivity index is 1.93. The van der Waals surface area contributed by atoms with Gasteiger partial charge in [0.15, 0.2) is 0 Å². The molecule has 1 aliphatic heterocycles. The Hall–Kier alpha value is -1.59. The van der Waals surface area contributed by atoms with Crippen molar-refractivity contribution in [1.29, 1.82) is 0 Å². The molecule has 1 aliphatic rings. The van der Waals surface area contributed by atoms with Crippen molar-refractivity contribution >= 4 is 17.3 Å². The zero-order valence-corrected chi connectivity index (χ0v) is 12.0. The molecule has 5 heteroatoms. The molecule has 1 aromatic carbocycles. The maximum Gasteiger partial charge on any atom is 0.241 e. The molecular formula is C15H23N3O2. The molecule has 2 rings (SSSR count). The molecule has 0 aliphatic carbocycles. The SMILES string of the molecule is CC(O)C1CCN(C(C)C(=O)Nc2cccc(N)c2)C1. The predicted molar refractivity (Wildman–Crippen MR) is 80.3 cm³/mol. The van der Waals surface area contributed by atoms with Crippen LogP contribution in [0.15, 0.2) is 24.3 Å². The number of carbonyl (C=O) groups is 1. The van der Waals surface area contributed by atoms with Crippen molar-refractivity contribution in [2.24, 2.45) is 5.92 Å². The summed E-state index contributed by atoms with van der Waals surface area (Å²) in [5.41, 5.74) is 7.04. The van der Waals surface area contributed by atoms with Gasteiger partial charge in [-0.3, -0.25) is 9.69 Å². The summed E-state index contributed by atoms with van der Waals surface area (Å²) in [6, 6.07) is 6.96. The summed E-state index contributed by atoms with van der Waals surface area (Å²) >= 11 is 0. The summed E-state index contributed by atoms with van der Waals surface area (Å²) in [6.45, 7) is 5.32. The number of hydrogen-bond donors (Lipinski definition) is 3. The van der Waals surface area contributed by atoms with E-state index in [0.29, 0.717) is 11.4 Å². The Morgan fingerprint density at radius 1 is 1.50 bits per heavy atom. The van der Waals surface area contributed by atoms with Crippen LogP contribution in [-0.4, -0.2) is 41.1 Å². The quantitative estimate of drug-likeness (QED) is 0.725. The minimum absolute atomic E-state index is 0.0400. The molecule has 0 saturated carbocycles. The summed E-state index contributed by atoms with van der Waals surface area (Å²) in [7, 11) is 0. The van der Waals surface area contributed by atoms with E-state index in [9.17, 15) is 9.90 Å². The minimum atomic E-state index is -0.316. The normalized spacial score (nSPS) is 22.4. The number of hydrogen-bond acceptors (Lipinski definition) is 4. The molecule has 0 spiro atoms. The monoisotopic (exact) mass is 277 g/mol. The number of anilines is 2. The van der Waals surface area contributed by atoms with E-state index in [4.69, 9.17) is 5.73 Å². The highest BCUT2D eigenvalue weighted by molar-refractivity contribution is 5.94. The number of nitrogen functional groups attached to an aromatic ring is 1. The van der Waals surface area contributed by atoms with Crippen LogP contribution in [-0.2, 0) is 4.79 Å². The highest BCUT2D eigenvalue weighted by Crippen LogP contribution is 2.22. The first-order valence-electron chi connectivity index (χ1n) is 7.06. The molecule has 3 unspecified atom stereocenters. The molecule has 5 nitrogen and oxygen atoms in total. The fourth-order valence-electron chi connectivity index (χ4n) is 2.59. The van der Waals surface area contributed by atoms with E-state index in [0.717, 1.165) is 19.5 Å². The van der Waals surface area contributed by atoms with Crippen LogP contribution in [0.2, 0.25) is 0 Å². The van der Waals surface area contributed by atoms with Crippen LogP contribution >= 0.6 is 0 Å². The first kappa shape index (κ1) is 14.8. The average molecular weight is 277 g/mol. The van der Waals surface area contributed by atoms with Gasteiger partial charge in [-0.05, 0) is 50.9 Å². The molecule has 1 heterocycles. The third kappa shape index (κ3) is 3.49. The summed E-state index contributed by atoms with van der Waals surface area (Å²) < 4.78 is 0. The molecule has 110 valence electrons. The van der Waals surface area contributed by atoms with E-state index < -0.39 is 0 Å². The van der Waals surface area contributed by atoms with Gasteiger partial charge in [-0.1, -0.05) is 6.07 Å². The average Bonchev–Trinajstić information content (AvgIpc) is 2.87. The summed E-state index contributed by atoms with van der Waals surface area (Å²) in [4.78, 5) is 14.3.